The summed E-state index contributed by atoms with van der Waals surface area (Å²) in [5.74, 6) is 1.56. The number of anilines is 1. The maximum Gasteiger partial charge on any atom is 0.234 e. The van der Waals surface area contributed by atoms with Crippen LogP contribution in [0.5, 0.6) is 5.75 Å². The van der Waals surface area contributed by atoms with Crippen LogP contribution in [0.1, 0.15) is 17.4 Å². The Bertz CT molecular complexity index is 1010. The third-order valence-electron chi connectivity index (χ3n) is 4.35. The number of amides is 1. The molecule has 0 aliphatic carbocycles. The Balaban J connectivity index is 1.73. The number of benzene rings is 1. The number of thiophene rings is 1. The number of para-hydroxylation sites is 2. The van der Waals surface area contributed by atoms with E-state index in [0.717, 1.165) is 11.4 Å². The third-order valence-corrected chi connectivity index (χ3v) is 6.33. The molecule has 0 radical (unpaired) electrons. The van der Waals surface area contributed by atoms with Crippen LogP contribution < -0.4 is 10.1 Å². The molecule has 1 aromatic carbocycles. The monoisotopic (exact) mass is 428 g/mol. The van der Waals surface area contributed by atoms with E-state index >= 15 is 0 Å². The van der Waals surface area contributed by atoms with E-state index in [9.17, 15) is 4.79 Å². The zero-order chi connectivity index (χ0) is 20.8. The fraction of sp³-hybridized carbons (Fsp3) is 0.286. The van der Waals surface area contributed by atoms with E-state index in [-0.39, 0.29) is 11.7 Å². The Morgan fingerprint density at radius 3 is 2.83 bits per heavy atom. The first-order valence-electron chi connectivity index (χ1n) is 9.28. The number of thioether (sulfide) groups is 1. The molecule has 8 heteroatoms. The van der Waals surface area contributed by atoms with Gasteiger partial charge in [-0.05, 0) is 38.5 Å². The van der Waals surface area contributed by atoms with Crippen LogP contribution >= 0.6 is 23.1 Å². The standard InChI is InChI=1S/C21H24N4O2S2/c1-5-11-25-20(16-12-28-15(4)14(16)3)23-24-21(25)29-13-19(26)22-17-9-7-8-10-18(17)27-6-2/h5,7-10,12H,1,6,11,13H2,2-4H3,(H,22,26). The number of hydrogen-bond donors (Lipinski definition) is 1. The molecule has 152 valence electrons. The molecule has 3 rings (SSSR count). The maximum absolute atomic E-state index is 12.5. The Morgan fingerprint density at radius 2 is 2.14 bits per heavy atom. The number of aryl methyl sites for hydroxylation is 1. The first-order valence-corrected chi connectivity index (χ1v) is 11.1. The van der Waals surface area contributed by atoms with Gasteiger partial charge in [0.2, 0.25) is 5.91 Å². The highest BCUT2D eigenvalue weighted by molar-refractivity contribution is 7.99. The fourth-order valence-electron chi connectivity index (χ4n) is 2.79. The van der Waals surface area contributed by atoms with Crippen LogP contribution in [0.2, 0.25) is 0 Å². The minimum atomic E-state index is -0.126. The summed E-state index contributed by atoms with van der Waals surface area (Å²) in [4.78, 5) is 13.7. The second-order valence-electron chi connectivity index (χ2n) is 6.30. The molecule has 6 nitrogen and oxygen atoms in total. The highest BCUT2D eigenvalue weighted by Crippen LogP contribution is 2.32. The van der Waals surface area contributed by atoms with Crippen molar-refractivity contribution in [2.75, 3.05) is 17.7 Å². The van der Waals surface area contributed by atoms with E-state index in [1.54, 1.807) is 11.3 Å². The molecule has 0 saturated heterocycles. The quantitative estimate of drug-likeness (QED) is 0.386. The molecule has 0 bridgehead atoms. The predicted octanol–water partition coefficient (Wildman–Crippen LogP) is 4.94. The zero-order valence-corrected chi connectivity index (χ0v) is 18.4. The van der Waals surface area contributed by atoms with Gasteiger partial charge in [0.05, 0.1) is 18.0 Å². The van der Waals surface area contributed by atoms with Gasteiger partial charge in [-0.1, -0.05) is 30.0 Å². The van der Waals surface area contributed by atoms with E-state index in [1.807, 2.05) is 41.8 Å². The van der Waals surface area contributed by atoms with Gasteiger partial charge in [0, 0.05) is 22.4 Å². The van der Waals surface area contributed by atoms with E-state index < -0.39 is 0 Å². The predicted molar refractivity (Wildman–Crippen MR) is 120 cm³/mol. The average molecular weight is 429 g/mol. The van der Waals surface area contributed by atoms with Gasteiger partial charge in [0.1, 0.15) is 5.75 Å². The number of hydrogen-bond acceptors (Lipinski definition) is 6. The summed E-state index contributed by atoms with van der Waals surface area (Å²) >= 11 is 3.05. The third kappa shape index (κ3) is 4.89. The first kappa shape index (κ1) is 21.1. The van der Waals surface area contributed by atoms with Crippen molar-refractivity contribution < 1.29 is 9.53 Å². The van der Waals surface area contributed by atoms with Gasteiger partial charge in [0.15, 0.2) is 11.0 Å². The Labute approximate surface area is 179 Å². The summed E-state index contributed by atoms with van der Waals surface area (Å²) in [6.45, 7) is 11.1. The molecule has 0 aliphatic rings. The minimum Gasteiger partial charge on any atom is -0.492 e. The van der Waals surface area contributed by atoms with Gasteiger partial charge < -0.3 is 10.1 Å². The van der Waals surface area contributed by atoms with Crippen molar-refractivity contribution in [1.82, 2.24) is 14.8 Å². The molecule has 1 amide bonds. The van der Waals surface area contributed by atoms with E-state index in [0.29, 0.717) is 29.7 Å². The van der Waals surface area contributed by atoms with Gasteiger partial charge in [-0.25, -0.2) is 0 Å². The molecule has 0 atom stereocenters. The van der Waals surface area contributed by atoms with Gasteiger partial charge in [-0.3, -0.25) is 9.36 Å². The number of nitrogens with one attached hydrogen (secondary N) is 1. The topological polar surface area (TPSA) is 69.0 Å². The van der Waals surface area contributed by atoms with Crippen LogP contribution in [0.25, 0.3) is 11.4 Å². The Morgan fingerprint density at radius 1 is 1.34 bits per heavy atom. The van der Waals surface area contributed by atoms with Crippen LogP contribution in [-0.2, 0) is 11.3 Å². The van der Waals surface area contributed by atoms with Crippen molar-refractivity contribution in [1.29, 1.82) is 0 Å². The number of carbonyl (C=O) groups is 1. The average Bonchev–Trinajstić information content (AvgIpc) is 3.25. The van der Waals surface area contributed by atoms with Crippen LogP contribution in [-0.4, -0.2) is 33.0 Å². The van der Waals surface area contributed by atoms with Crippen molar-refractivity contribution in [2.45, 2.75) is 32.5 Å². The Kier molecular flexibility index (Phi) is 7.11. The van der Waals surface area contributed by atoms with E-state index in [4.69, 9.17) is 4.74 Å². The van der Waals surface area contributed by atoms with Crippen LogP contribution in [0.3, 0.4) is 0 Å². The lowest BCUT2D eigenvalue weighted by Gasteiger charge is -2.11. The number of carbonyl (C=O) groups excluding carboxylic acids is 1. The SMILES string of the molecule is C=CCn1c(SCC(=O)Nc2ccccc2OCC)nnc1-c1csc(C)c1C. The van der Waals surface area contributed by atoms with Gasteiger partial charge in [-0.15, -0.1) is 28.1 Å². The molecule has 2 heterocycles. The van der Waals surface area contributed by atoms with Gasteiger partial charge in [0.25, 0.3) is 0 Å². The molecular weight excluding hydrogens is 404 g/mol. The number of rotatable bonds is 9. The summed E-state index contributed by atoms with van der Waals surface area (Å²) < 4.78 is 7.55. The Hall–Kier alpha value is -2.58. The lowest BCUT2D eigenvalue weighted by atomic mass is 10.1. The molecule has 0 aliphatic heterocycles. The molecule has 1 N–H and O–H groups in total. The highest BCUT2D eigenvalue weighted by Gasteiger charge is 2.18. The van der Waals surface area contributed by atoms with Crippen molar-refractivity contribution in [3.05, 3.63) is 52.7 Å². The zero-order valence-electron chi connectivity index (χ0n) is 16.8. The normalized spacial score (nSPS) is 10.7. The largest absolute Gasteiger partial charge is 0.492 e. The van der Waals surface area contributed by atoms with Crippen LogP contribution in [0.4, 0.5) is 5.69 Å². The van der Waals surface area contributed by atoms with Crippen LogP contribution in [0.15, 0.2) is 47.5 Å². The van der Waals surface area contributed by atoms with E-state index in [1.165, 1.54) is 22.2 Å². The fourth-order valence-corrected chi connectivity index (χ4v) is 4.40. The molecule has 0 unspecified atom stereocenters. The molecule has 3 aromatic rings. The van der Waals surface area contributed by atoms with Crippen molar-refractivity contribution in [2.24, 2.45) is 0 Å². The number of ether oxygens (including phenoxy) is 1. The molecule has 0 saturated carbocycles. The van der Waals surface area contributed by atoms with Crippen LogP contribution in [0, 0.1) is 13.8 Å². The molecular formula is C21H24N4O2S2. The van der Waals surface area contributed by atoms with Gasteiger partial charge >= 0.3 is 0 Å². The van der Waals surface area contributed by atoms with E-state index in [2.05, 4.69) is 41.3 Å². The molecule has 0 fully saturated rings. The summed E-state index contributed by atoms with van der Waals surface area (Å²) in [5, 5.41) is 14.4. The molecule has 2 aromatic heterocycles. The lowest BCUT2D eigenvalue weighted by molar-refractivity contribution is -0.113. The summed E-state index contributed by atoms with van der Waals surface area (Å²) in [6, 6.07) is 7.41. The summed E-state index contributed by atoms with van der Waals surface area (Å²) in [7, 11) is 0. The van der Waals surface area contributed by atoms with Crippen molar-refractivity contribution in [3.63, 3.8) is 0 Å². The molecule has 29 heavy (non-hydrogen) atoms. The number of aromatic nitrogens is 3. The van der Waals surface area contributed by atoms with Crippen molar-refractivity contribution in [3.8, 4) is 17.1 Å². The first-order chi connectivity index (χ1) is 14.0. The maximum atomic E-state index is 12.5. The number of allylic oxidation sites excluding steroid dienone is 1. The summed E-state index contributed by atoms with van der Waals surface area (Å²) in [6.07, 6.45) is 1.81. The smallest absolute Gasteiger partial charge is 0.234 e. The number of nitrogens with zero attached hydrogens (tertiary/aromatic N) is 3. The van der Waals surface area contributed by atoms with Gasteiger partial charge in [-0.2, -0.15) is 0 Å². The second kappa shape index (κ2) is 9.76. The highest BCUT2D eigenvalue weighted by atomic mass is 32.2. The van der Waals surface area contributed by atoms with Crippen molar-refractivity contribution >= 4 is 34.7 Å². The summed E-state index contributed by atoms with van der Waals surface area (Å²) in [5.41, 5.74) is 2.94. The molecule has 0 spiro atoms. The second-order valence-corrected chi connectivity index (χ2v) is 8.33. The minimum absolute atomic E-state index is 0.126. The lowest BCUT2D eigenvalue weighted by Crippen LogP contribution is -2.15.